The number of unbranched alkanes of at least 4 members (excludes halogenated alkanes) is 16. The molecule has 0 saturated carbocycles. The lowest BCUT2D eigenvalue weighted by molar-refractivity contribution is 0.224. The Bertz CT molecular complexity index is 355. The van der Waals surface area contributed by atoms with Gasteiger partial charge in [-0.15, -0.1) is 0 Å². The average Bonchev–Trinajstić information content (AvgIpc) is 2.75. The third-order valence-electron chi connectivity index (χ3n) is 5.42. The van der Waals surface area contributed by atoms with Crippen LogP contribution in [0.25, 0.3) is 0 Å². The van der Waals surface area contributed by atoms with Crippen molar-refractivity contribution in [2.45, 2.75) is 129 Å². The lowest BCUT2D eigenvalue weighted by Crippen LogP contribution is -2.50. The van der Waals surface area contributed by atoms with Crippen LogP contribution in [0.3, 0.4) is 0 Å². The van der Waals surface area contributed by atoms with Crippen LogP contribution in [0.5, 0.6) is 0 Å². The smallest absolute Gasteiger partial charge is 0.333 e. The number of nitrogens with one attached hydrogen (secondary N) is 4. The zero-order valence-corrected chi connectivity index (χ0v) is 20.0. The van der Waals surface area contributed by atoms with Crippen LogP contribution in [0.15, 0.2) is 0 Å². The van der Waals surface area contributed by atoms with Gasteiger partial charge in [0.05, 0.1) is 0 Å². The third-order valence-corrected chi connectivity index (χ3v) is 5.42. The van der Waals surface area contributed by atoms with Gasteiger partial charge >= 0.3 is 12.1 Å². The molecule has 0 aromatic heterocycles. The van der Waals surface area contributed by atoms with Gasteiger partial charge in [-0.1, -0.05) is 117 Å². The number of hydrogen-bond acceptors (Lipinski definition) is 2. The van der Waals surface area contributed by atoms with E-state index in [0.29, 0.717) is 13.1 Å². The fraction of sp³-hybridized carbons (Fsp3) is 0.917. The monoisotopic (exact) mass is 426 g/mol. The fourth-order valence-electron chi connectivity index (χ4n) is 3.48. The molecule has 178 valence electrons. The Morgan fingerprint density at radius 3 is 1.00 bits per heavy atom. The topological polar surface area (TPSA) is 82.3 Å². The summed E-state index contributed by atoms with van der Waals surface area (Å²) in [4.78, 5) is 23.3. The molecule has 0 aliphatic carbocycles. The summed E-state index contributed by atoms with van der Waals surface area (Å²) in [5.41, 5.74) is 4.77. The number of amides is 4. The molecule has 4 N–H and O–H groups in total. The van der Waals surface area contributed by atoms with Crippen molar-refractivity contribution in [1.29, 1.82) is 0 Å². The molecule has 0 rings (SSSR count). The minimum atomic E-state index is -0.354. The highest BCUT2D eigenvalue weighted by Gasteiger charge is 2.03. The van der Waals surface area contributed by atoms with Gasteiger partial charge in [0.15, 0.2) is 0 Å². The van der Waals surface area contributed by atoms with E-state index in [1.54, 1.807) is 0 Å². The maximum absolute atomic E-state index is 11.7. The Labute approximate surface area is 186 Å². The molecule has 0 spiro atoms. The van der Waals surface area contributed by atoms with Crippen LogP contribution < -0.4 is 21.5 Å². The van der Waals surface area contributed by atoms with Gasteiger partial charge in [-0.25, -0.2) is 20.4 Å². The molecule has 4 amide bonds. The highest BCUT2D eigenvalue weighted by Crippen LogP contribution is 2.10. The van der Waals surface area contributed by atoms with E-state index < -0.39 is 0 Å². The minimum Gasteiger partial charge on any atom is -0.337 e. The molecule has 0 aromatic rings. The zero-order chi connectivity index (χ0) is 22.1. The third kappa shape index (κ3) is 22.8. The summed E-state index contributed by atoms with van der Waals surface area (Å²) in [6.45, 7) is 5.76. The molecule has 6 nitrogen and oxygen atoms in total. The molecule has 0 aliphatic heterocycles. The summed E-state index contributed by atoms with van der Waals surface area (Å²) in [5, 5.41) is 5.55. The van der Waals surface area contributed by atoms with Crippen molar-refractivity contribution < 1.29 is 9.59 Å². The van der Waals surface area contributed by atoms with Gasteiger partial charge in [0.25, 0.3) is 0 Å². The van der Waals surface area contributed by atoms with Crippen molar-refractivity contribution in [2.24, 2.45) is 0 Å². The van der Waals surface area contributed by atoms with E-state index in [0.717, 1.165) is 25.7 Å². The summed E-state index contributed by atoms with van der Waals surface area (Å²) in [7, 11) is 0. The van der Waals surface area contributed by atoms with E-state index in [2.05, 4.69) is 35.3 Å². The molecule has 0 unspecified atom stereocenters. The molecular weight excluding hydrogens is 376 g/mol. The predicted molar refractivity (Wildman–Crippen MR) is 128 cm³/mol. The van der Waals surface area contributed by atoms with E-state index in [-0.39, 0.29) is 12.1 Å². The van der Waals surface area contributed by atoms with E-state index in [1.165, 1.54) is 89.9 Å². The standard InChI is InChI=1S/C24H50N4O2/c1-3-5-7-9-11-13-15-17-19-21-25-23(29)27-28-24(30)26-22-20-18-16-14-12-10-8-6-4-2/h3-22H2,1-2H3,(H2,25,27,29)(H2,26,28,30). The molecule has 0 radical (unpaired) electrons. The largest absolute Gasteiger partial charge is 0.337 e. The Balaban J connectivity index is 3.31. The Kier molecular flexibility index (Phi) is 22.7. The SMILES string of the molecule is CCCCCCCCCCCNC(=O)NNC(=O)NCCCCCCCCCCC. The van der Waals surface area contributed by atoms with Crippen molar-refractivity contribution >= 4 is 12.1 Å². The van der Waals surface area contributed by atoms with Crippen LogP contribution in [-0.2, 0) is 0 Å². The van der Waals surface area contributed by atoms with Gasteiger partial charge in [-0.05, 0) is 12.8 Å². The molecular formula is C24H50N4O2. The molecule has 0 aromatic carbocycles. The Hall–Kier alpha value is -1.46. The van der Waals surface area contributed by atoms with Crippen molar-refractivity contribution in [3.05, 3.63) is 0 Å². The molecule has 0 fully saturated rings. The van der Waals surface area contributed by atoms with Gasteiger partial charge in [-0.3, -0.25) is 0 Å². The average molecular weight is 427 g/mol. The maximum atomic E-state index is 11.7. The molecule has 30 heavy (non-hydrogen) atoms. The van der Waals surface area contributed by atoms with Crippen LogP contribution >= 0.6 is 0 Å². The number of hydrogen-bond donors (Lipinski definition) is 4. The summed E-state index contributed by atoms with van der Waals surface area (Å²) in [6, 6.07) is -0.708. The number of carbonyl (C=O) groups excluding carboxylic acids is 2. The minimum absolute atomic E-state index is 0.354. The van der Waals surface area contributed by atoms with E-state index >= 15 is 0 Å². The van der Waals surface area contributed by atoms with Gasteiger partial charge in [0, 0.05) is 13.1 Å². The second-order valence-electron chi connectivity index (χ2n) is 8.42. The van der Waals surface area contributed by atoms with E-state index in [4.69, 9.17) is 0 Å². The zero-order valence-electron chi connectivity index (χ0n) is 20.0. The lowest BCUT2D eigenvalue weighted by atomic mass is 10.1. The number of urea groups is 2. The van der Waals surface area contributed by atoms with Gasteiger partial charge in [0.2, 0.25) is 0 Å². The summed E-state index contributed by atoms with van der Waals surface area (Å²) < 4.78 is 0. The predicted octanol–water partition coefficient (Wildman–Crippen LogP) is 6.56. The van der Waals surface area contributed by atoms with Gasteiger partial charge in [-0.2, -0.15) is 0 Å². The van der Waals surface area contributed by atoms with Crippen molar-refractivity contribution in [3.8, 4) is 0 Å². The van der Waals surface area contributed by atoms with E-state index in [9.17, 15) is 9.59 Å². The maximum Gasteiger partial charge on any atom is 0.333 e. The first kappa shape index (κ1) is 28.5. The summed E-state index contributed by atoms with van der Waals surface area (Å²) >= 11 is 0. The van der Waals surface area contributed by atoms with Crippen molar-refractivity contribution in [2.75, 3.05) is 13.1 Å². The first-order valence-corrected chi connectivity index (χ1v) is 12.8. The lowest BCUT2D eigenvalue weighted by Gasteiger charge is -2.10. The Morgan fingerprint density at radius 1 is 0.433 bits per heavy atom. The Morgan fingerprint density at radius 2 is 0.700 bits per heavy atom. The number of carbonyl (C=O) groups is 2. The summed E-state index contributed by atoms with van der Waals surface area (Å²) in [6.07, 6.45) is 22.6. The van der Waals surface area contributed by atoms with Crippen LogP contribution in [0.4, 0.5) is 9.59 Å². The van der Waals surface area contributed by atoms with Crippen LogP contribution in [0.2, 0.25) is 0 Å². The highest BCUT2D eigenvalue weighted by atomic mass is 16.2. The summed E-state index contributed by atoms with van der Waals surface area (Å²) in [5.74, 6) is 0. The second-order valence-corrected chi connectivity index (χ2v) is 8.42. The first-order chi connectivity index (χ1) is 14.7. The van der Waals surface area contributed by atoms with Crippen LogP contribution in [0, 0.1) is 0 Å². The van der Waals surface area contributed by atoms with Crippen molar-refractivity contribution in [3.63, 3.8) is 0 Å². The molecule has 0 saturated heterocycles. The molecule has 0 bridgehead atoms. The highest BCUT2D eigenvalue weighted by molar-refractivity contribution is 5.79. The quantitative estimate of drug-likeness (QED) is 0.131. The normalized spacial score (nSPS) is 10.6. The van der Waals surface area contributed by atoms with Gasteiger partial charge < -0.3 is 10.6 Å². The fourth-order valence-corrected chi connectivity index (χ4v) is 3.48. The van der Waals surface area contributed by atoms with Crippen LogP contribution in [-0.4, -0.2) is 25.2 Å². The van der Waals surface area contributed by atoms with E-state index in [1.807, 2.05) is 0 Å². The van der Waals surface area contributed by atoms with Crippen LogP contribution in [0.1, 0.15) is 129 Å². The molecule has 0 heterocycles. The van der Waals surface area contributed by atoms with Gasteiger partial charge in [0.1, 0.15) is 0 Å². The molecule has 0 aliphatic rings. The van der Waals surface area contributed by atoms with Crippen molar-refractivity contribution in [1.82, 2.24) is 21.5 Å². The first-order valence-electron chi connectivity index (χ1n) is 12.8. The molecule has 0 atom stereocenters. The second kappa shape index (κ2) is 23.8. The number of hydrazine groups is 1. The number of rotatable bonds is 20. The molecule has 6 heteroatoms.